The van der Waals surface area contributed by atoms with Crippen LogP contribution in [0.5, 0.6) is 5.95 Å². The Morgan fingerprint density at radius 2 is 1.86 bits per heavy atom. The Morgan fingerprint density at radius 3 is 2.55 bits per heavy atom. The molecule has 0 aliphatic carbocycles. The van der Waals surface area contributed by atoms with Gasteiger partial charge in [-0.25, -0.2) is 0 Å². The number of allylic oxidation sites excluding steroid dienone is 3. The third kappa shape index (κ3) is 8.50. The minimum Gasteiger partial charge on any atom is -0.465 e. The van der Waals surface area contributed by atoms with Gasteiger partial charge in [0.15, 0.2) is 11.5 Å². The number of hydrogen-bond donors (Lipinski definition) is 0. The Morgan fingerprint density at radius 1 is 1.14 bits per heavy atom. The molecule has 0 saturated carbocycles. The van der Waals surface area contributed by atoms with Crippen LogP contribution in [0.4, 0.5) is 0 Å². The normalized spacial score (nSPS) is 11.0. The largest absolute Gasteiger partial charge is 0.465 e. The number of ether oxygens (including phenoxy) is 1. The van der Waals surface area contributed by atoms with Gasteiger partial charge in [0, 0.05) is 13.0 Å². The lowest BCUT2D eigenvalue weighted by molar-refractivity contribution is 0.0978. The summed E-state index contributed by atoms with van der Waals surface area (Å²) in [4.78, 5) is 11.1. The van der Waals surface area contributed by atoms with Gasteiger partial charge < -0.3 is 9.15 Å². The average Bonchev–Trinajstić information content (AvgIpc) is 2.97. The van der Waals surface area contributed by atoms with E-state index in [2.05, 4.69) is 18.7 Å². The fourth-order valence-corrected chi connectivity index (χ4v) is 2.14. The Labute approximate surface area is 134 Å². The van der Waals surface area contributed by atoms with Crippen LogP contribution < -0.4 is 4.74 Å². The molecule has 0 fully saturated rings. The number of Topliss-reactive ketones (excluding diaryl/α,β-unsaturated/α-hetero) is 1. The second-order valence-corrected chi connectivity index (χ2v) is 5.43. The lowest BCUT2D eigenvalue weighted by Crippen LogP contribution is -1.96. The van der Waals surface area contributed by atoms with Gasteiger partial charge in [0.05, 0.1) is 6.61 Å². The maximum atomic E-state index is 11.1. The van der Waals surface area contributed by atoms with E-state index in [1.54, 1.807) is 12.1 Å². The van der Waals surface area contributed by atoms with Crippen molar-refractivity contribution in [3.8, 4) is 5.95 Å². The maximum absolute atomic E-state index is 11.1. The highest BCUT2D eigenvalue weighted by Crippen LogP contribution is 2.17. The number of rotatable bonds is 13. The Kier molecular flexibility index (Phi) is 9.84. The molecule has 1 aromatic rings. The summed E-state index contributed by atoms with van der Waals surface area (Å²) < 4.78 is 10.7. The van der Waals surface area contributed by atoms with Crippen LogP contribution in [-0.2, 0) is 0 Å². The van der Waals surface area contributed by atoms with Gasteiger partial charge in [0.2, 0.25) is 0 Å². The first-order valence-corrected chi connectivity index (χ1v) is 8.23. The van der Waals surface area contributed by atoms with Crippen molar-refractivity contribution in [2.75, 3.05) is 6.61 Å². The van der Waals surface area contributed by atoms with Gasteiger partial charge in [0.25, 0.3) is 5.95 Å². The van der Waals surface area contributed by atoms with E-state index < -0.39 is 0 Å². The van der Waals surface area contributed by atoms with Crippen LogP contribution in [0.2, 0.25) is 0 Å². The summed E-state index contributed by atoms with van der Waals surface area (Å²) in [7, 11) is 0. The second-order valence-electron chi connectivity index (χ2n) is 5.43. The van der Waals surface area contributed by atoms with Crippen LogP contribution in [0.1, 0.15) is 68.8 Å². The van der Waals surface area contributed by atoms with E-state index in [0.29, 0.717) is 18.3 Å². The first kappa shape index (κ1) is 18.3. The first-order valence-electron chi connectivity index (χ1n) is 8.23. The van der Waals surface area contributed by atoms with Crippen LogP contribution in [-0.4, -0.2) is 12.4 Å². The van der Waals surface area contributed by atoms with Crippen molar-refractivity contribution in [1.82, 2.24) is 0 Å². The molecule has 0 spiro atoms. The Hall–Kier alpha value is -1.77. The molecule has 3 nitrogen and oxygen atoms in total. The maximum Gasteiger partial charge on any atom is 0.284 e. The van der Waals surface area contributed by atoms with Gasteiger partial charge in [-0.2, -0.15) is 0 Å². The monoisotopic (exact) mass is 304 g/mol. The predicted molar refractivity (Wildman–Crippen MR) is 90.5 cm³/mol. The molecule has 0 radical (unpaired) electrons. The van der Waals surface area contributed by atoms with Gasteiger partial charge in [0.1, 0.15) is 0 Å². The summed E-state index contributed by atoms with van der Waals surface area (Å²) in [5.74, 6) is 0.725. The van der Waals surface area contributed by atoms with Gasteiger partial charge in [-0.3, -0.25) is 4.79 Å². The molecular formula is C19H28O3. The second kappa shape index (κ2) is 11.8. The topological polar surface area (TPSA) is 39.4 Å². The summed E-state index contributed by atoms with van der Waals surface area (Å²) in [5.41, 5.74) is 0. The average molecular weight is 304 g/mol. The molecule has 0 unspecified atom stereocenters. The molecule has 0 aliphatic rings. The number of carbonyl (C=O) groups excluding carboxylic acids is 1. The predicted octanol–water partition coefficient (Wildman–Crippen LogP) is 5.72. The Bertz CT molecular complexity index is 457. The molecule has 1 heterocycles. The van der Waals surface area contributed by atoms with Crippen molar-refractivity contribution in [2.45, 2.75) is 58.3 Å². The fraction of sp³-hybridized carbons (Fsp3) is 0.526. The molecule has 0 aliphatic heterocycles. The van der Waals surface area contributed by atoms with Crippen molar-refractivity contribution in [2.24, 2.45) is 0 Å². The molecular weight excluding hydrogens is 276 g/mol. The summed E-state index contributed by atoms with van der Waals surface area (Å²) >= 11 is 0. The molecule has 0 N–H and O–H groups in total. The van der Waals surface area contributed by atoms with Gasteiger partial charge in [-0.15, -0.1) is 6.58 Å². The third-order valence-corrected chi connectivity index (χ3v) is 3.41. The zero-order valence-corrected chi connectivity index (χ0v) is 13.7. The van der Waals surface area contributed by atoms with E-state index in [9.17, 15) is 4.79 Å². The SMILES string of the molecule is C=CCC=CCCCCCCCCOc1ccc(C(C)=O)o1. The van der Waals surface area contributed by atoms with Crippen molar-refractivity contribution in [3.05, 3.63) is 42.7 Å². The molecule has 1 aromatic heterocycles. The van der Waals surface area contributed by atoms with E-state index in [1.165, 1.54) is 45.4 Å². The minimum absolute atomic E-state index is 0.0748. The van der Waals surface area contributed by atoms with Crippen molar-refractivity contribution < 1.29 is 13.9 Å². The number of hydrogen-bond acceptors (Lipinski definition) is 3. The minimum atomic E-state index is -0.0748. The van der Waals surface area contributed by atoms with Crippen LogP contribution >= 0.6 is 0 Å². The van der Waals surface area contributed by atoms with Crippen LogP contribution in [0.3, 0.4) is 0 Å². The lowest BCUT2D eigenvalue weighted by Gasteiger charge is -2.03. The molecule has 0 atom stereocenters. The number of carbonyl (C=O) groups is 1. The molecule has 0 aromatic carbocycles. The molecule has 3 heteroatoms. The lowest BCUT2D eigenvalue weighted by atomic mass is 10.1. The molecule has 0 bridgehead atoms. The van der Waals surface area contributed by atoms with Crippen molar-refractivity contribution in [1.29, 1.82) is 0 Å². The zero-order valence-electron chi connectivity index (χ0n) is 13.7. The van der Waals surface area contributed by atoms with Gasteiger partial charge >= 0.3 is 0 Å². The molecule has 1 rings (SSSR count). The van der Waals surface area contributed by atoms with Crippen LogP contribution in [0, 0.1) is 0 Å². The quantitative estimate of drug-likeness (QED) is 0.265. The molecule has 0 saturated heterocycles. The highest BCUT2D eigenvalue weighted by atomic mass is 16.6. The van der Waals surface area contributed by atoms with Gasteiger partial charge in [-0.05, 0) is 31.7 Å². The van der Waals surface area contributed by atoms with E-state index in [0.717, 1.165) is 12.8 Å². The van der Waals surface area contributed by atoms with Crippen LogP contribution in [0.15, 0.2) is 41.4 Å². The van der Waals surface area contributed by atoms with Gasteiger partial charge in [-0.1, -0.05) is 43.9 Å². The van der Waals surface area contributed by atoms with Crippen molar-refractivity contribution >= 4 is 5.78 Å². The number of unbranched alkanes of at least 4 members (excludes halogenated alkanes) is 6. The number of ketones is 1. The smallest absolute Gasteiger partial charge is 0.284 e. The highest BCUT2D eigenvalue weighted by Gasteiger charge is 2.06. The van der Waals surface area contributed by atoms with Crippen molar-refractivity contribution in [3.63, 3.8) is 0 Å². The Balaban J connectivity index is 1.91. The molecule has 22 heavy (non-hydrogen) atoms. The molecule has 0 amide bonds. The fourth-order valence-electron chi connectivity index (χ4n) is 2.14. The molecule has 122 valence electrons. The third-order valence-electron chi connectivity index (χ3n) is 3.41. The zero-order chi connectivity index (χ0) is 16.0. The number of furan rings is 1. The standard InChI is InChI=1S/C19H28O3/c1-3-4-5-6-7-8-9-10-11-12-13-16-21-19-15-14-18(22-19)17(2)20/h3,5-6,14-15H,1,4,7-13,16H2,2H3. The summed E-state index contributed by atoms with van der Waals surface area (Å²) in [6.45, 7) is 5.82. The van der Waals surface area contributed by atoms with Crippen LogP contribution in [0.25, 0.3) is 0 Å². The highest BCUT2D eigenvalue weighted by molar-refractivity contribution is 5.91. The van der Waals surface area contributed by atoms with E-state index in [-0.39, 0.29) is 5.78 Å². The summed E-state index contributed by atoms with van der Waals surface area (Å²) in [6, 6.07) is 3.36. The first-order chi connectivity index (χ1) is 10.7. The van der Waals surface area contributed by atoms with E-state index in [4.69, 9.17) is 9.15 Å². The van der Waals surface area contributed by atoms with E-state index >= 15 is 0 Å². The summed E-state index contributed by atoms with van der Waals surface area (Å²) in [6.07, 6.45) is 15.8. The van der Waals surface area contributed by atoms with E-state index in [1.807, 2.05) is 6.08 Å². The summed E-state index contributed by atoms with van der Waals surface area (Å²) in [5, 5.41) is 0.